The molecule has 1 atom stereocenters. The number of carbonyl (C=O) groups excluding carboxylic acids is 1. The maximum atomic E-state index is 14.9. The van der Waals surface area contributed by atoms with Crippen LogP contribution in [0.5, 0.6) is 0 Å². The third-order valence-electron chi connectivity index (χ3n) is 5.70. The number of hydrogen-bond donors (Lipinski definition) is 2. The van der Waals surface area contributed by atoms with Crippen LogP contribution >= 0.6 is 11.3 Å². The summed E-state index contributed by atoms with van der Waals surface area (Å²) in [4.78, 5) is 22.0. The normalized spacial score (nSPS) is 23.0. The van der Waals surface area contributed by atoms with Crippen molar-refractivity contribution in [3.05, 3.63) is 53.0 Å². The molecule has 0 bridgehead atoms. The molecular weight excluding hydrogens is 455 g/mol. The first kappa shape index (κ1) is 22.4. The van der Waals surface area contributed by atoms with Gasteiger partial charge in [-0.15, -0.1) is 11.3 Å². The Balaban J connectivity index is 1.71. The largest absolute Gasteiger partial charge is 0.386 e. The van der Waals surface area contributed by atoms with E-state index >= 15 is 0 Å². The van der Waals surface area contributed by atoms with Gasteiger partial charge in [-0.2, -0.15) is 0 Å². The molecule has 3 N–H and O–H groups in total. The Morgan fingerprint density at radius 2 is 2.03 bits per heavy atom. The van der Waals surface area contributed by atoms with Crippen molar-refractivity contribution < 1.29 is 17.6 Å². The van der Waals surface area contributed by atoms with Gasteiger partial charge in [0.15, 0.2) is 4.96 Å². The molecule has 0 saturated heterocycles. The predicted octanol–water partition coefficient (Wildman–Crippen LogP) is 2.41. The highest BCUT2D eigenvalue weighted by atomic mass is 32.2. The molecule has 32 heavy (non-hydrogen) atoms. The average Bonchev–Trinajstić information content (AvgIpc) is 3.29. The molecule has 2 aromatic heterocycles. The summed E-state index contributed by atoms with van der Waals surface area (Å²) in [7, 11) is -2.40. The zero-order valence-electron chi connectivity index (χ0n) is 18.0. The number of rotatable bonds is 3. The van der Waals surface area contributed by atoms with Crippen molar-refractivity contribution in [1.82, 2.24) is 13.7 Å². The molecule has 12 heteroatoms. The van der Waals surface area contributed by atoms with Crippen LogP contribution in [-0.4, -0.2) is 52.2 Å². The highest BCUT2D eigenvalue weighted by molar-refractivity contribution is 7.91. The first-order chi connectivity index (χ1) is 14.8. The van der Waals surface area contributed by atoms with Crippen molar-refractivity contribution in [2.75, 3.05) is 18.9 Å². The fourth-order valence-corrected chi connectivity index (χ4v) is 5.88. The molecule has 0 spiro atoms. The number of carbonyl (C=O) groups is 1. The fourth-order valence-electron chi connectivity index (χ4n) is 3.67. The van der Waals surface area contributed by atoms with Crippen LogP contribution in [0.4, 0.5) is 10.1 Å². The van der Waals surface area contributed by atoms with Crippen LogP contribution in [0.15, 0.2) is 41.0 Å². The van der Waals surface area contributed by atoms with Crippen LogP contribution in [0.25, 0.3) is 4.96 Å². The molecule has 1 amide bonds. The number of likely N-dealkylation sites (N-methyl/N-ethyl adjacent to an activating group) is 1. The second kappa shape index (κ2) is 7.36. The highest BCUT2D eigenvalue weighted by Crippen LogP contribution is 2.36. The van der Waals surface area contributed by atoms with E-state index in [0.717, 1.165) is 4.31 Å². The summed E-state index contributed by atoms with van der Waals surface area (Å²) in [6, 6.07) is 4.08. The van der Waals surface area contributed by atoms with Crippen molar-refractivity contribution in [1.29, 1.82) is 0 Å². The van der Waals surface area contributed by atoms with Gasteiger partial charge in [0.1, 0.15) is 27.6 Å². The molecule has 1 aromatic carbocycles. The Morgan fingerprint density at radius 3 is 2.72 bits per heavy atom. The van der Waals surface area contributed by atoms with Gasteiger partial charge in [-0.3, -0.25) is 14.2 Å². The van der Waals surface area contributed by atoms with Gasteiger partial charge in [0.2, 0.25) is 10.0 Å². The van der Waals surface area contributed by atoms with Gasteiger partial charge in [0, 0.05) is 42.6 Å². The number of sulfonamides is 1. The van der Waals surface area contributed by atoms with Gasteiger partial charge >= 0.3 is 0 Å². The number of hydrogen-bond acceptors (Lipinski definition) is 7. The average molecular weight is 479 g/mol. The number of amides is 1. The molecule has 4 rings (SSSR count). The van der Waals surface area contributed by atoms with Crippen molar-refractivity contribution in [2.45, 2.75) is 31.1 Å². The van der Waals surface area contributed by atoms with E-state index in [1.807, 2.05) is 5.38 Å². The number of nitrogens with zero attached hydrogens (tertiary/aromatic N) is 4. The quantitative estimate of drug-likeness (QED) is 0.599. The zero-order chi connectivity index (χ0) is 23.5. The number of aliphatic imine (C=N–C) groups is 1. The molecular formula is C20H23FN6O3S2. The van der Waals surface area contributed by atoms with Crippen LogP contribution in [0, 0.1) is 5.82 Å². The molecule has 3 heterocycles. The van der Waals surface area contributed by atoms with Crippen molar-refractivity contribution in [2.24, 2.45) is 10.7 Å². The number of amidine groups is 1. The lowest BCUT2D eigenvalue weighted by atomic mass is 9.91. The maximum Gasteiger partial charge on any atom is 0.275 e. The van der Waals surface area contributed by atoms with Crippen LogP contribution in [0.2, 0.25) is 0 Å². The molecule has 1 aliphatic heterocycles. The van der Waals surface area contributed by atoms with E-state index in [-0.39, 0.29) is 23.6 Å². The first-order valence-electron chi connectivity index (χ1n) is 9.70. The van der Waals surface area contributed by atoms with E-state index in [1.165, 1.54) is 50.4 Å². The minimum Gasteiger partial charge on any atom is -0.386 e. The Hall–Kier alpha value is -2.83. The van der Waals surface area contributed by atoms with Gasteiger partial charge in [-0.25, -0.2) is 22.1 Å². The second-order valence-electron chi connectivity index (χ2n) is 8.41. The predicted molar refractivity (Wildman–Crippen MR) is 122 cm³/mol. The van der Waals surface area contributed by atoms with Crippen LogP contribution in [0.1, 0.15) is 36.8 Å². The Labute approximate surface area is 188 Å². The summed E-state index contributed by atoms with van der Waals surface area (Å²) < 4.78 is 42.1. The van der Waals surface area contributed by atoms with Crippen LogP contribution < -0.4 is 11.1 Å². The minimum atomic E-state index is -3.81. The molecule has 170 valence electrons. The number of imidazole rings is 1. The summed E-state index contributed by atoms with van der Waals surface area (Å²) in [6.07, 6.45) is 3.40. The van der Waals surface area contributed by atoms with Crippen LogP contribution in [-0.2, 0) is 15.6 Å². The molecule has 9 nitrogen and oxygen atoms in total. The smallest absolute Gasteiger partial charge is 0.275 e. The van der Waals surface area contributed by atoms with E-state index in [9.17, 15) is 17.6 Å². The number of anilines is 1. The monoisotopic (exact) mass is 478 g/mol. The number of benzene rings is 1. The standard InChI is InChI=1S/C20H23FN6O3S2/c1-19(2)17(22)25-20(3,11-26(4)32(19,29)30)13-9-12(5-6-14(13)21)23-16(28)15-10-27-7-8-31-18(27)24-15/h5-10H,11H2,1-4H3,(H2,22,25)(H,23,28)/t20-/m0/s1. The minimum absolute atomic E-state index is 0.115. The third kappa shape index (κ3) is 3.48. The molecule has 3 aromatic rings. The van der Waals surface area contributed by atoms with Gasteiger partial charge in [0.25, 0.3) is 5.91 Å². The van der Waals surface area contributed by atoms with Gasteiger partial charge < -0.3 is 11.1 Å². The topological polar surface area (TPSA) is 122 Å². The number of nitrogens with one attached hydrogen (secondary N) is 1. The van der Waals surface area contributed by atoms with E-state index in [0.29, 0.717) is 10.6 Å². The molecule has 0 aliphatic carbocycles. The lowest BCUT2D eigenvalue weighted by Gasteiger charge is -2.29. The van der Waals surface area contributed by atoms with Gasteiger partial charge in [0.05, 0.1) is 0 Å². The molecule has 0 radical (unpaired) electrons. The Morgan fingerprint density at radius 1 is 1.31 bits per heavy atom. The first-order valence-corrected chi connectivity index (χ1v) is 12.0. The summed E-state index contributed by atoms with van der Waals surface area (Å²) >= 11 is 1.40. The summed E-state index contributed by atoms with van der Waals surface area (Å²) in [5, 5.41) is 4.57. The number of aromatic nitrogens is 2. The Kier molecular flexibility index (Phi) is 5.14. The van der Waals surface area contributed by atoms with Crippen molar-refractivity contribution >= 4 is 43.8 Å². The highest BCUT2D eigenvalue weighted by Gasteiger charge is 2.48. The molecule has 0 fully saturated rings. The molecule has 0 saturated carbocycles. The number of fused-ring (bicyclic) bond motifs is 1. The van der Waals surface area contributed by atoms with E-state index in [2.05, 4.69) is 15.3 Å². The number of nitrogens with two attached hydrogens (primary N) is 1. The van der Waals surface area contributed by atoms with Crippen molar-refractivity contribution in [3.63, 3.8) is 0 Å². The zero-order valence-corrected chi connectivity index (χ0v) is 19.6. The lowest BCUT2D eigenvalue weighted by Crippen LogP contribution is -2.50. The van der Waals surface area contributed by atoms with E-state index in [1.54, 1.807) is 23.7 Å². The molecule has 1 aliphatic rings. The Bertz CT molecular complexity index is 1330. The number of thiazole rings is 1. The molecule has 0 unspecified atom stereocenters. The summed E-state index contributed by atoms with van der Waals surface area (Å²) in [5.74, 6) is -1.15. The lowest BCUT2D eigenvalue weighted by molar-refractivity contribution is 0.102. The van der Waals surface area contributed by atoms with Crippen LogP contribution in [0.3, 0.4) is 0 Å². The summed E-state index contributed by atoms with van der Waals surface area (Å²) in [5.41, 5.74) is 5.43. The van der Waals surface area contributed by atoms with Crippen molar-refractivity contribution in [3.8, 4) is 0 Å². The van der Waals surface area contributed by atoms with Gasteiger partial charge in [-0.05, 0) is 39.0 Å². The van der Waals surface area contributed by atoms with E-state index < -0.39 is 32.0 Å². The third-order valence-corrected chi connectivity index (χ3v) is 8.92. The SMILES string of the molecule is CN1C[C@@](C)(c2cc(NC(=O)c3cn4ccsc4n3)ccc2F)N=C(N)C(C)(C)S1(=O)=O. The van der Waals surface area contributed by atoms with Gasteiger partial charge in [-0.1, -0.05) is 0 Å². The number of halogens is 1. The second-order valence-corrected chi connectivity index (χ2v) is 11.9. The maximum absolute atomic E-state index is 14.9. The summed E-state index contributed by atoms with van der Waals surface area (Å²) in [6.45, 7) is 4.42. The van der Waals surface area contributed by atoms with E-state index in [4.69, 9.17) is 5.73 Å². The fraction of sp³-hybridized carbons (Fsp3) is 0.350.